The second kappa shape index (κ2) is 7.71. The molecule has 0 saturated carbocycles. The number of nitrogens with zero attached hydrogens (tertiary/aromatic N) is 1. The van der Waals surface area contributed by atoms with Gasteiger partial charge in [-0.05, 0) is 56.5 Å². The van der Waals surface area contributed by atoms with Gasteiger partial charge in [-0.2, -0.15) is 0 Å². The number of rotatable bonds is 4. The topological polar surface area (TPSA) is 161 Å². The van der Waals surface area contributed by atoms with Crippen LogP contribution in [0.25, 0.3) is 0 Å². The van der Waals surface area contributed by atoms with Crippen LogP contribution < -0.4 is 5.73 Å². The first kappa shape index (κ1) is 23.0. The zero-order valence-electron chi connectivity index (χ0n) is 18.8. The minimum Gasteiger partial charge on any atom is -0.510 e. The molecule has 3 aliphatic carbocycles. The average Bonchev–Trinajstić information content (AvgIpc) is 2.72. The number of nitrogens with two attached hydrogens (primary N) is 1. The molecule has 9 nitrogen and oxygen atoms in total. The van der Waals surface area contributed by atoms with Gasteiger partial charge in [0.1, 0.15) is 22.8 Å². The van der Waals surface area contributed by atoms with Crippen LogP contribution in [0.5, 0.6) is 5.75 Å². The smallest absolute Gasteiger partial charge is 0.255 e. The second-order valence-electron chi connectivity index (χ2n) is 9.31. The lowest BCUT2D eigenvalue weighted by Crippen LogP contribution is -2.63. The Morgan fingerprint density at radius 1 is 1.21 bits per heavy atom. The Morgan fingerprint density at radius 3 is 2.45 bits per heavy atom. The molecular formula is C24H28N2O7. The zero-order valence-corrected chi connectivity index (χ0v) is 18.8. The molecule has 4 atom stereocenters. The van der Waals surface area contributed by atoms with E-state index in [0.717, 1.165) is 12.0 Å². The summed E-state index contributed by atoms with van der Waals surface area (Å²) in [6, 6.07) is 2.22. The number of Topliss-reactive ketones (excluding diaryl/α,β-unsaturated/α-hetero) is 2. The number of hydrogen-bond donors (Lipinski definition) is 5. The third kappa shape index (κ3) is 3.02. The Bertz CT molecular complexity index is 1150. The van der Waals surface area contributed by atoms with E-state index >= 15 is 0 Å². The van der Waals surface area contributed by atoms with Gasteiger partial charge in [-0.25, -0.2) is 0 Å². The summed E-state index contributed by atoms with van der Waals surface area (Å²) in [6.07, 6.45) is 1.94. The second-order valence-corrected chi connectivity index (χ2v) is 9.31. The number of primary amides is 1. The summed E-state index contributed by atoms with van der Waals surface area (Å²) in [5.74, 6) is -6.35. The van der Waals surface area contributed by atoms with Crippen LogP contribution in [-0.4, -0.2) is 68.5 Å². The molecule has 0 unspecified atom stereocenters. The molecular weight excluding hydrogens is 428 g/mol. The molecule has 1 amide bonds. The molecule has 0 fully saturated rings. The summed E-state index contributed by atoms with van der Waals surface area (Å²) < 4.78 is 0. The fourth-order valence-corrected chi connectivity index (χ4v) is 5.82. The molecule has 0 aliphatic heterocycles. The maximum Gasteiger partial charge on any atom is 0.255 e. The van der Waals surface area contributed by atoms with Gasteiger partial charge in [0.25, 0.3) is 5.91 Å². The minimum atomic E-state index is -2.61. The van der Waals surface area contributed by atoms with Gasteiger partial charge < -0.3 is 26.2 Å². The van der Waals surface area contributed by atoms with Crippen LogP contribution >= 0.6 is 0 Å². The van der Waals surface area contributed by atoms with Gasteiger partial charge in [0, 0.05) is 11.5 Å². The molecule has 176 valence electrons. The number of amides is 1. The number of aryl methyl sites for hydroxylation is 1. The summed E-state index contributed by atoms with van der Waals surface area (Å²) in [5, 5.41) is 43.9. The highest BCUT2D eigenvalue weighted by Gasteiger charge is 2.63. The van der Waals surface area contributed by atoms with Crippen molar-refractivity contribution < 1.29 is 34.8 Å². The first-order valence-corrected chi connectivity index (χ1v) is 10.9. The fourth-order valence-electron chi connectivity index (χ4n) is 5.82. The summed E-state index contributed by atoms with van der Waals surface area (Å²) >= 11 is 0. The molecule has 0 radical (unpaired) electrons. The molecule has 0 bridgehead atoms. The van der Waals surface area contributed by atoms with Crippen LogP contribution in [0, 0.1) is 11.8 Å². The number of aliphatic hydroxyl groups excluding tert-OH is 2. The predicted octanol–water partition coefficient (Wildman–Crippen LogP) is 1.07. The van der Waals surface area contributed by atoms with E-state index in [1.165, 1.54) is 11.0 Å². The molecule has 33 heavy (non-hydrogen) atoms. The van der Waals surface area contributed by atoms with Gasteiger partial charge in [-0.1, -0.05) is 19.4 Å². The van der Waals surface area contributed by atoms with Crippen molar-refractivity contribution in [1.82, 2.24) is 4.90 Å². The van der Waals surface area contributed by atoms with Crippen LogP contribution in [0.15, 0.2) is 34.8 Å². The molecule has 0 spiro atoms. The standard InChI is InChI=1S/C24H28N2O7/c1-4-5-10-6-7-14(27)16-12(10)8-11-9-13-18(26(2)3)20(29)17(23(25)32)22(31)24(13,33)21(30)15(11)19(16)28/h6-7,11,13,18,27,29-30,33H,4-5,8-9H2,1-3H3,(H2,25,32)/t11-,13-,18-,24-/m1/s1. The van der Waals surface area contributed by atoms with Crippen LogP contribution in [0.1, 0.15) is 41.3 Å². The van der Waals surface area contributed by atoms with Crippen molar-refractivity contribution in [3.63, 3.8) is 0 Å². The molecule has 1 aromatic carbocycles. The number of carbonyl (C=O) groups excluding carboxylic acids is 3. The van der Waals surface area contributed by atoms with Gasteiger partial charge >= 0.3 is 0 Å². The number of fused-ring (bicyclic) bond motifs is 3. The lowest BCUT2D eigenvalue weighted by molar-refractivity contribution is -0.148. The van der Waals surface area contributed by atoms with E-state index in [-0.39, 0.29) is 23.3 Å². The summed E-state index contributed by atoms with van der Waals surface area (Å²) in [4.78, 5) is 40.2. The molecule has 3 aliphatic rings. The number of likely N-dealkylation sites (N-methyl/N-ethyl adjacent to an activating group) is 1. The van der Waals surface area contributed by atoms with E-state index in [2.05, 4.69) is 0 Å². The number of ketones is 2. The maximum atomic E-state index is 13.5. The minimum absolute atomic E-state index is 0.0572. The highest BCUT2D eigenvalue weighted by atomic mass is 16.3. The SMILES string of the molecule is CCCc1ccc(O)c2c1C[C@@H]1C[C@@H]3[C@@H](N(C)C)C(O)=C(C(N)=O)C(=O)[C@]3(O)C(O)=C1C2=O. The van der Waals surface area contributed by atoms with Gasteiger partial charge in [-0.15, -0.1) is 0 Å². The molecule has 1 aromatic rings. The van der Waals surface area contributed by atoms with Gasteiger partial charge in [0.2, 0.25) is 5.78 Å². The van der Waals surface area contributed by atoms with Crippen LogP contribution in [-0.2, 0) is 22.4 Å². The van der Waals surface area contributed by atoms with Crippen LogP contribution in [0.2, 0.25) is 0 Å². The van der Waals surface area contributed by atoms with E-state index in [1.54, 1.807) is 20.2 Å². The summed E-state index contributed by atoms with van der Waals surface area (Å²) in [6.45, 7) is 2.00. The normalized spacial score (nSPS) is 29.2. The molecule has 4 rings (SSSR count). The Labute approximate surface area is 190 Å². The third-order valence-electron chi connectivity index (χ3n) is 7.22. The van der Waals surface area contributed by atoms with Crippen molar-refractivity contribution in [2.45, 2.75) is 44.2 Å². The molecule has 9 heteroatoms. The van der Waals surface area contributed by atoms with Crippen LogP contribution in [0.3, 0.4) is 0 Å². The number of aliphatic hydroxyl groups is 3. The van der Waals surface area contributed by atoms with Crippen molar-refractivity contribution in [3.05, 3.63) is 51.5 Å². The number of allylic oxidation sites excluding steroid dienone is 1. The monoisotopic (exact) mass is 456 g/mol. The first-order chi connectivity index (χ1) is 15.5. The Kier molecular flexibility index (Phi) is 5.37. The van der Waals surface area contributed by atoms with Gasteiger partial charge in [0.15, 0.2) is 11.4 Å². The highest BCUT2D eigenvalue weighted by molar-refractivity contribution is 6.24. The molecule has 0 saturated heterocycles. The number of aromatic hydroxyl groups is 1. The number of hydrogen-bond acceptors (Lipinski definition) is 8. The summed E-state index contributed by atoms with van der Waals surface area (Å²) in [5.41, 5.74) is 3.43. The number of phenols is 1. The Hall–Kier alpha value is -3.17. The number of phenolic OH excluding ortho intramolecular Hbond substituents is 1. The fraction of sp³-hybridized carbons (Fsp3) is 0.458. The van der Waals surface area contributed by atoms with Crippen molar-refractivity contribution in [1.29, 1.82) is 0 Å². The molecule has 0 aromatic heterocycles. The maximum absolute atomic E-state index is 13.5. The van der Waals surface area contributed by atoms with E-state index in [9.17, 15) is 34.8 Å². The van der Waals surface area contributed by atoms with Crippen molar-refractivity contribution >= 4 is 17.5 Å². The van der Waals surface area contributed by atoms with Crippen molar-refractivity contribution in [2.24, 2.45) is 17.6 Å². The van der Waals surface area contributed by atoms with Gasteiger partial charge in [-0.3, -0.25) is 19.3 Å². The molecule has 0 heterocycles. The summed E-state index contributed by atoms with van der Waals surface area (Å²) in [7, 11) is 3.20. The quantitative estimate of drug-likeness (QED) is 0.420. The molecule has 6 N–H and O–H groups in total. The van der Waals surface area contributed by atoms with Crippen LogP contribution in [0.4, 0.5) is 0 Å². The number of carbonyl (C=O) groups is 3. The van der Waals surface area contributed by atoms with Gasteiger partial charge in [0.05, 0.1) is 11.6 Å². The van der Waals surface area contributed by atoms with Crippen molar-refractivity contribution in [3.8, 4) is 5.75 Å². The largest absolute Gasteiger partial charge is 0.510 e. The Morgan fingerprint density at radius 2 is 1.88 bits per heavy atom. The Balaban J connectivity index is 1.96. The van der Waals surface area contributed by atoms with E-state index in [1.807, 2.05) is 6.92 Å². The van der Waals surface area contributed by atoms with E-state index < -0.39 is 58.0 Å². The highest BCUT2D eigenvalue weighted by Crippen LogP contribution is 2.52. The first-order valence-electron chi connectivity index (χ1n) is 10.9. The van der Waals surface area contributed by atoms with Crippen molar-refractivity contribution in [2.75, 3.05) is 14.1 Å². The lowest BCUT2D eigenvalue weighted by atomic mass is 9.58. The average molecular weight is 456 g/mol. The third-order valence-corrected chi connectivity index (χ3v) is 7.22. The van der Waals surface area contributed by atoms with E-state index in [0.29, 0.717) is 18.4 Å². The number of benzene rings is 1. The van der Waals surface area contributed by atoms with E-state index in [4.69, 9.17) is 5.73 Å². The zero-order chi connectivity index (χ0) is 24.4. The predicted molar refractivity (Wildman–Crippen MR) is 118 cm³/mol. The lowest BCUT2D eigenvalue weighted by Gasteiger charge is -2.50.